The van der Waals surface area contributed by atoms with Crippen LogP contribution in [-0.4, -0.2) is 30.3 Å². The van der Waals surface area contributed by atoms with Crippen molar-refractivity contribution in [2.24, 2.45) is 11.8 Å². The van der Waals surface area contributed by atoms with Gasteiger partial charge in [-0.1, -0.05) is 5.10 Å². The standard InChI is InChI=1S/C9H14N4O/c1-10-3-8-11-12-9(14-8)13-4-6-2-7(6)5-13/h6-7,10H,2-5H2,1H3. The summed E-state index contributed by atoms with van der Waals surface area (Å²) in [5.74, 6) is 2.47. The van der Waals surface area contributed by atoms with Gasteiger partial charge in [-0.15, -0.1) is 5.10 Å². The third-order valence-electron chi connectivity index (χ3n) is 3.03. The highest BCUT2D eigenvalue weighted by atomic mass is 16.4. The van der Waals surface area contributed by atoms with Crippen LogP contribution in [0.5, 0.6) is 0 Å². The topological polar surface area (TPSA) is 54.2 Å². The summed E-state index contributed by atoms with van der Waals surface area (Å²) in [7, 11) is 1.87. The van der Waals surface area contributed by atoms with Crippen molar-refractivity contribution in [2.45, 2.75) is 13.0 Å². The minimum absolute atomic E-state index is 0.647. The third kappa shape index (κ3) is 1.28. The molecule has 14 heavy (non-hydrogen) atoms. The van der Waals surface area contributed by atoms with Gasteiger partial charge < -0.3 is 14.6 Å². The van der Waals surface area contributed by atoms with Gasteiger partial charge in [-0.05, 0) is 25.3 Å². The molecular formula is C9H14N4O. The van der Waals surface area contributed by atoms with E-state index in [1.54, 1.807) is 0 Å². The first-order chi connectivity index (χ1) is 6.86. The summed E-state index contributed by atoms with van der Waals surface area (Å²) >= 11 is 0. The summed E-state index contributed by atoms with van der Waals surface area (Å²) in [6, 6.07) is 0.697. The number of aromatic nitrogens is 2. The second-order valence-electron chi connectivity index (χ2n) is 4.17. The first-order valence-electron chi connectivity index (χ1n) is 5.08. The average Bonchev–Trinajstić information content (AvgIpc) is 2.68. The number of anilines is 1. The molecule has 1 saturated carbocycles. The molecule has 1 saturated heterocycles. The van der Waals surface area contributed by atoms with Crippen molar-refractivity contribution in [1.82, 2.24) is 15.5 Å². The summed E-state index contributed by atoms with van der Waals surface area (Å²) in [6.07, 6.45) is 1.40. The third-order valence-corrected chi connectivity index (χ3v) is 3.03. The molecule has 1 aromatic heterocycles. The summed E-state index contributed by atoms with van der Waals surface area (Å²) in [5.41, 5.74) is 0. The molecule has 0 spiro atoms. The molecule has 1 aromatic rings. The molecule has 0 radical (unpaired) electrons. The Morgan fingerprint density at radius 2 is 2.21 bits per heavy atom. The summed E-state index contributed by atoms with van der Waals surface area (Å²) in [6.45, 7) is 2.85. The Morgan fingerprint density at radius 1 is 1.43 bits per heavy atom. The maximum atomic E-state index is 5.52. The van der Waals surface area contributed by atoms with Crippen molar-refractivity contribution in [1.29, 1.82) is 0 Å². The quantitative estimate of drug-likeness (QED) is 0.747. The Kier molecular flexibility index (Phi) is 1.73. The van der Waals surface area contributed by atoms with Crippen LogP contribution in [0.2, 0.25) is 0 Å². The van der Waals surface area contributed by atoms with E-state index in [1.165, 1.54) is 6.42 Å². The largest absolute Gasteiger partial charge is 0.407 e. The van der Waals surface area contributed by atoms with E-state index in [-0.39, 0.29) is 0 Å². The van der Waals surface area contributed by atoms with Crippen LogP contribution in [0.4, 0.5) is 6.01 Å². The first-order valence-corrected chi connectivity index (χ1v) is 5.08. The van der Waals surface area contributed by atoms with Crippen molar-refractivity contribution in [3.05, 3.63) is 5.89 Å². The average molecular weight is 194 g/mol. The van der Waals surface area contributed by atoms with E-state index in [0.29, 0.717) is 18.5 Å². The Labute approximate surface area is 82.5 Å². The highest BCUT2D eigenvalue weighted by Crippen LogP contribution is 2.45. The maximum Gasteiger partial charge on any atom is 0.318 e. The van der Waals surface area contributed by atoms with Crippen LogP contribution in [0.3, 0.4) is 0 Å². The molecule has 0 amide bonds. The summed E-state index contributed by atoms with van der Waals surface area (Å²) in [5, 5.41) is 11.0. The fourth-order valence-electron chi connectivity index (χ4n) is 2.15. The van der Waals surface area contributed by atoms with Gasteiger partial charge in [-0.3, -0.25) is 0 Å². The van der Waals surface area contributed by atoms with E-state index in [4.69, 9.17) is 4.42 Å². The second kappa shape index (κ2) is 2.95. The van der Waals surface area contributed by atoms with E-state index in [1.807, 2.05) is 7.05 Å². The van der Waals surface area contributed by atoms with Gasteiger partial charge in [0.1, 0.15) is 0 Å². The lowest BCUT2D eigenvalue weighted by Crippen LogP contribution is -2.21. The van der Waals surface area contributed by atoms with Crippen molar-refractivity contribution in [2.75, 3.05) is 25.0 Å². The molecule has 5 nitrogen and oxygen atoms in total. The van der Waals surface area contributed by atoms with Crippen LogP contribution < -0.4 is 10.2 Å². The van der Waals surface area contributed by atoms with Crippen molar-refractivity contribution in [3.63, 3.8) is 0 Å². The molecule has 1 aliphatic carbocycles. The molecule has 76 valence electrons. The number of nitrogens with zero attached hydrogens (tertiary/aromatic N) is 3. The highest BCUT2D eigenvalue weighted by molar-refractivity contribution is 5.30. The van der Waals surface area contributed by atoms with Gasteiger partial charge in [0.25, 0.3) is 0 Å². The van der Waals surface area contributed by atoms with E-state index in [2.05, 4.69) is 20.4 Å². The van der Waals surface area contributed by atoms with Crippen LogP contribution in [0, 0.1) is 11.8 Å². The van der Waals surface area contributed by atoms with Crippen LogP contribution in [0.15, 0.2) is 4.42 Å². The monoisotopic (exact) mass is 194 g/mol. The van der Waals surface area contributed by atoms with E-state index >= 15 is 0 Å². The van der Waals surface area contributed by atoms with Crippen molar-refractivity contribution < 1.29 is 4.42 Å². The normalized spacial score (nSPS) is 29.4. The SMILES string of the molecule is CNCc1nnc(N2CC3CC3C2)o1. The van der Waals surface area contributed by atoms with E-state index < -0.39 is 0 Å². The zero-order chi connectivity index (χ0) is 9.54. The van der Waals surface area contributed by atoms with Gasteiger partial charge >= 0.3 is 6.01 Å². The number of hydrogen-bond donors (Lipinski definition) is 1. The first kappa shape index (κ1) is 8.23. The van der Waals surface area contributed by atoms with E-state index in [0.717, 1.165) is 24.9 Å². The zero-order valence-electron chi connectivity index (χ0n) is 8.23. The smallest absolute Gasteiger partial charge is 0.318 e. The van der Waals surface area contributed by atoms with Crippen molar-refractivity contribution >= 4 is 6.01 Å². The maximum absolute atomic E-state index is 5.52. The fraction of sp³-hybridized carbons (Fsp3) is 0.778. The fourth-order valence-corrected chi connectivity index (χ4v) is 2.15. The molecule has 0 aromatic carbocycles. The lowest BCUT2D eigenvalue weighted by molar-refractivity contribution is 0.473. The van der Waals surface area contributed by atoms with Crippen LogP contribution in [-0.2, 0) is 6.54 Å². The molecule has 1 aliphatic heterocycles. The molecule has 3 rings (SSSR count). The summed E-state index contributed by atoms with van der Waals surface area (Å²) < 4.78 is 5.52. The van der Waals surface area contributed by atoms with Gasteiger partial charge in [0.05, 0.1) is 6.54 Å². The lowest BCUT2D eigenvalue weighted by Gasteiger charge is -2.13. The number of fused-ring (bicyclic) bond motifs is 1. The highest BCUT2D eigenvalue weighted by Gasteiger charge is 2.46. The predicted molar refractivity (Wildman–Crippen MR) is 50.9 cm³/mol. The lowest BCUT2D eigenvalue weighted by atomic mass is 10.4. The number of nitrogens with one attached hydrogen (secondary N) is 1. The number of hydrogen-bond acceptors (Lipinski definition) is 5. The van der Waals surface area contributed by atoms with Crippen LogP contribution in [0.25, 0.3) is 0 Å². The molecule has 2 fully saturated rings. The van der Waals surface area contributed by atoms with Gasteiger partial charge in [0.15, 0.2) is 0 Å². The second-order valence-corrected chi connectivity index (χ2v) is 4.17. The van der Waals surface area contributed by atoms with Crippen LogP contribution >= 0.6 is 0 Å². The van der Waals surface area contributed by atoms with Gasteiger partial charge in [-0.25, -0.2) is 0 Å². The van der Waals surface area contributed by atoms with Gasteiger partial charge in [-0.2, -0.15) is 0 Å². The van der Waals surface area contributed by atoms with E-state index in [9.17, 15) is 0 Å². The predicted octanol–water partition coefficient (Wildman–Crippen LogP) is 0.245. The molecule has 5 heteroatoms. The Hall–Kier alpha value is -1.10. The molecular weight excluding hydrogens is 180 g/mol. The molecule has 1 N–H and O–H groups in total. The zero-order valence-corrected chi connectivity index (χ0v) is 8.23. The number of rotatable bonds is 3. The molecule has 2 unspecified atom stereocenters. The van der Waals surface area contributed by atoms with Crippen LogP contribution in [0.1, 0.15) is 12.3 Å². The Balaban J connectivity index is 1.70. The molecule has 2 heterocycles. The van der Waals surface area contributed by atoms with Gasteiger partial charge in [0.2, 0.25) is 5.89 Å². The Bertz CT molecular complexity index is 327. The summed E-state index contributed by atoms with van der Waals surface area (Å²) in [4.78, 5) is 2.20. The van der Waals surface area contributed by atoms with Gasteiger partial charge in [0, 0.05) is 13.1 Å². The minimum atomic E-state index is 0.647. The van der Waals surface area contributed by atoms with Crippen molar-refractivity contribution in [3.8, 4) is 0 Å². The minimum Gasteiger partial charge on any atom is -0.407 e. The molecule has 2 atom stereocenters. The molecule has 2 aliphatic rings. The number of piperidine rings is 1. The Morgan fingerprint density at radius 3 is 2.93 bits per heavy atom. The molecule has 0 bridgehead atoms.